The van der Waals surface area contributed by atoms with Crippen LogP contribution in [0.1, 0.15) is 25.0 Å². The lowest BCUT2D eigenvalue weighted by molar-refractivity contribution is -0.117. The number of nitrogens with two attached hydrogens (primary N) is 1. The second-order valence-corrected chi connectivity index (χ2v) is 6.40. The number of benzene rings is 2. The van der Waals surface area contributed by atoms with Gasteiger partial charge in [0.25, 0.3) is 0 Å². The average Bonchev–Trinajstić information content (AvgIpc) is 2.61. The molecule has 1 aliphatic heterocycles. The van der Waals surface area contributed by atoms with E-state index in [1.54, 1.807) is 0 Å². The van der Waals surface area contributed by atoms with E-state index in [9.17, 15) is 4.79 Å². The van der Waals surface area contributed by atoms with Crippen molar-refractivity contribution in [2.45, 2.75) is 33.2 Å². The summed E-state index contributed by atoms with van der Waals surface area (Å²) in [6.45, 7) is 7.24. The van der Waals surface area contributed by atoms with Crippen LogP contribution in [0.4, 0.5) is 17.1 Å². The summed E-state index contributed by atoms with van der Waals surface area (Å²) in [5.41, 5.74) is 10.6. The maximum Gasteiger partial charge on any atom is 0.246 e. The molecule has 132 valence electrons. The number of nitrogens with one attached hydrogen (secondary N) is 1. The fourth-order valence-corrected chi connectivity index (χ4v) is 3.23. The van der Waals surface area contributed by atoms with Crippen molar-refractivity contribution < 1.29 is 9.53 Å². The summed E-state index contributed by atoms with van der Waals surface area (Å²) >= 11 is 0. The first-order valence-corrected chi connectivity index (χ1v) is 8.69. The van der Waals surface area contributed by atoms with Crippen LogP contribution in [-0.4, -0.2) is 25.1 Å². The Bertz CT molecular complexity index is 789. The largest absolute Gasteiger partial charge is 0.489 e. The van der Waals surface area contributed by atoms with Crippen LogP contribution in [-0.2, 0) is 11.2 Å². The van der Waals surface area contributed by atoms with Crippen molar-refractivity contribution >= 4 is 23.0 Å². The molecule has 0 bridgehead atoms. The quantitative estimate of drug-likeness (QED) is 0.838. The van der Waals surface area contributed by atoms with E-state index in [4.69, 9.17) is 10.5 Å². The molecular formula is C20H25N3O2. The normalized spacial score (nSPS) is 14.4. The molecule has 0 radical (unpaired) electrons. The van der Waals surface area contributed by atoms with Crippen LogP contribution >= 0.6 is 0 Å². The molecule has 5 nitrogen and oxygen atoms in total. The topological polar surface area (TPSA) is 67.6 Å². The Hall–Kier alpha value is -2.69. The Kier molecular flexibility index (Phi) is 4.83. The molecule has 1 heterocycles. The van der Waals surface area contributed by atoms with E-state index in [0.717, 1.165) is 34.7 Å². The number of aryl methyl sites for hydroxylation is 2. The number of hydrogen-bond donors (Lipinski definition) is 2. The van der Waals surface area contributed by atoms with Crippen molar-refractivity contribution in [3.8, 4) is 5.75 Å². The van der Waals surface area contributed by atoms with Crippen molar-refractivity contribution in [3.05, 3.63) is 47.5 Å². The van der Waals surface area contributed by atoms with Gasteiger partial charge in [-0.3, -0.25) is 4.79 Å². The fraction of sp³-hybridized carbons (Fsp3) is 0.350. The molecule has 1 unspecified atom stereocenters. The van der Waals surface area contributed by atoms with Crippen LogP contribution in [0, 0.1) is 6.92 Å². The lowest BCUT2D eigenvalue weighted by atomic mass is 10.1. The van der Waals surface area contributed by atoms with Gasteiger partial charge in [-0.25, -0.2) is 0 Å². The Balaban J connectivity index is 1.83. The lowest BCUT2D eigenvalue weighted by Crippen LogP contribution is -2.46. The summed E-state index contributed by atoms with van der Waals surface area (Å²) in [4.78, 5) is 15.0. The zero-order valence-corrected chi connectivity index (χ0v) is 15.0. The van der Waals surface area contributed by atoms with E-state index in [1.807, 2.05) is 44.2 Å². The number of amides is 1. The number of ether oxygens (including phenoxy) is 1. The van der Waals surface area contributed by atoms with E-state index in [1.165, 1.54) is 0 Å². The maximum absolute atomic E-state index is 12.9. The van der Waals surface area contributed by atoms with Gasteiger partial charge in [-0.1, -0.05) is 25.1 Å². The minimum absolute atomic E-state index is 0.0197. The zero-order valence-electron chi connectivity index (χ0n) is 15.0. The van der Waals surface area contributed by atoms with Crippen LogP contribution in [0.15, 0.2) is 36.4 Å². The van der Waals surface area contributed by atoms with E-state index in [-0.39, 0.29) is 11.9 Å². The number of carbonyl (C=O) groups excluding carboxylic acids is 1. The second-order valence-electron chi connectivity index (χ2n) is 6.40. The minimum Gasteiger partial charge on any atom is -0.489 e. The van der Waals surface area contributed by atoms with Crippen LogP contribution in [0.2, 0.25) is 0 Å². The summed E-state index contributed by atoms with van der Waals surface area (Å²) in [6, 6.07) is 11.3. The first-order chi connectivity index (χ1) is 12.0. The first kappa shape index (κ1) is 17.1. The fourth-order valence-electron chi connectivity index (χ4n) is 3.23. The molecule has 0 aliphatic carbocycles. The summed E-state index contributed by atoms with van der Waals surface area (Å²) in [7, 11) is 0. The third-order valence-electron chi connectivity index (χ3n) is 4.72. The molecule has 0 spiro atoms. The molecule has 3 N–H and O–H groups in total. The van der Waals surface area contributed by atoms with Crippen LogP contribution in [0.3, 0.4) is 0 Å². The highest BCUT2D eigenvalue weighted by atomic mass is 16.5. The van der Waals surface area contributed by atoms with Gasteiger partial charge in [-0.2, -0.15) is 0 Å². The van der Waals surface area contributed by atoms with E-state index < -0.39 is 0 Å². The van der Waals surface area contributed by atoms with E-state index >= 15 is 0 Å². The lowest BCUT2D eigenvalue weighted by Gasteiger charge is -2.35. The monoisotopic (exact) mass is 339 g/mol. The summed E-state index contributed by atoms with van der Waals surface area (Å²) < 4.78 is 5.68. The van der Waals surface area contributed by atoms with Gasteiger partial charge in [-0.05, 0) is 43.5 Å². The SMILES string of the molecule is CCc1cccc(C)c1NC(=O)C(C)N1CCOc2cc(N)ccc21. The average molecular weight is 339 g/mol. The number of nitrogen functional groups attached to an aromatic ring is 1. The molecule has 1 atom stereocenters. The number of rotatable bonds is 4. The summed E-state index contributed by atoms with van der Waals surface area (Å²) in [5.74, 6) is 0.713. The van der Waals surface area contributed by atoms with Gasteiger partial charge >= 0.3 is 0 Å². The third-order valence-corrected chi connectivity index (χ3v) is 4.72. The van der Waals surface area contributed by atoms with Crippen LogP contribution in [0.5, 0.6) is 5.75 Å². The minimum atomic E-state index is -0.310. The van der Waals surface area contributed by atoms with Crippen molar-refractivity contribution in [1.29, 1.82) is 0 Å². The summed E-state index contributed by atoms with van der Waals surface area (Å²) in [5, 5.41) is 3.12. The molecule has 1 aliphatic rings. The number of hydrogen-bond acceptors (Lipinski definition) is 4. The van der Waals surface area contributed by atoms with Crippen molar-refractivity contribution in [2.75, 3.05) is 29.1 Å². The number of nitrogens with zero attached hydrogens (tertiary/aromatic N) is 1. The van der Waals surface area contributed by atoms with Gasteiger partial charge in [0.15, 0.2) is 0 Å². The predicted molar refractivity (Wildman–Crippen MR) is 102 cm³/mol. The number of carbonyl (C=O) groups is 1. The molecule has 2 aromatic rings. The van der Waals surface area contributed by atoms with Crippen molar-refractivity contribution in [3.63, 3.8) is 0 Å². The smallest absolute Gasteiger partial charge is 0.246 e. The molecule has 0 aromatic heterocycles. The van der Waals surface area contributed by atoms with Gasteiger partial charge in [0.05, 0.1) is 12.2 Å². The molecule has 0 saturated heterocycles. The van der Waals surface area contributed by atoms with Gasteiger partial charge in [0.2, 0.25) is 5.91 Å². The molecule has 1 amide bonds. The Morgan fingerprint density at radius 3 is 2.92 bits per heavy atom. The van der Waals surface area contributed by atoms with Gasteiger partial charge in [0, 0.05) is 17.4 Å². The Morgan fingerprint density at radius 2 is 2.16 bits per heavy atom. The van der Waals surface area contributed by atoms with Crippen molar-refractivity contribution in [1.82, 2.24) is 0 Å². The van der Waals surface area contributed by atoms with Gasteiger partial charge in [-0.15, -0.1) is 0 Å². The number of anilines is 3. The molecule has 5 heteroatoms. The van der Waals surface area contributed by atoms with Crippen LogP contribution < -0.4 is 20.7 Å². The second kappa shape index (κ2) is 7.05. The van der Waals surface area contributed by atoms with Crippen LogP contribution in [0.25, 0.3) is 0 Å². The molecule has 2 aromatic carbocycles. The zero-order chi connectivity index (χ0) is 18.0. The predicted octanol–water partition coefficient (Wildman–Crippen LogP) is 3.37. The Morgan fingerprint density at radius 1 is 1.36 bits per heavy atom. The molecule has 3 rings (SSSR count). The highest BCUT2D eigenvalue weighted by Gasteiger charge is 2.27. The first-order valence-electron chi connectivity index (χ1n) is 8.69. The molecular weight excluding hydrogens is 314 g/mol. The maximum atomic E-state index is 12.9. The number of fused-ring (bicyclic) bond motifs is 1. The third kappa shape index (κ3) is 3.40. The standard InChI is InChI=1S/C20H25N3O2/c1-4-15-7-5-6-13(2)19(15)22-20(24)14(3)23-10-11-25-18-12-16(21)8-9-17(18)23/h5-9,12,14H,4,10-11,21H2,1-3H3,(H,22,24). The van der Waals surface area contributed by atoms with E-state index in [2.05, 4.69) is 23.2 Å². The molecule has 0 fully saturated rings. The van der Waals surface area contributed by atoms with Crippen molar-refractivity contribution in [2.24, 2.45) is 0 Å². The van der Waals surface area contributed by atoms with E-state index in [0.29, 0.717) is 18.8 Å². The van der Waals surface area contributed by atoms with Gasteiger partial charge < -0.3 is 20.7 Å². The van der Waals surface area contributed by atoms with Gasteiger partial charge in [0.1, 0.15) is 18.4 Å². The highest BCUT2D eigenvalue weighted by Crippen LogP contribution is 2.34. The molecule has 25 heavy (non-hydrogen) atoms. The Labute approximate surface area is 148 Å². The molecule has 0 saturated carbocycles. The number of para-hydroxylation sites is 1. The highest BCUT2D eigenvalue weighted by molar-refractivity contribution is 5.98. The summed E-state index contributed by atoms with van der Waals surface area (Å²) in [6.07, 6.45) is 0.880.